The second-order valence-electron chi connectivity index (χ2n) is 7.16. The van der Waals surface area contributed by atoms with Crippen LogP contribution in [-0.2, 0) is 7.05 Å². The van der Waals surface area contributed by atoms with Crippen LogP contribution in [0, 0.1) is 13.8 Å². The van der Waals surface area contributed by atoms with Gasteiger partial charge in [0.2, 0.25) is 5.69 Å². The Labute approximate surface area is 147 Å². The Morgan fingerprint density at radius 3 is 2.52 bits per heavy atom. The summed E-state index contributed by atoms with van der Waals surface area (Å²) in [6.45, 7) is 8.58. The van der Waals surface area contributed by atoms with Crippen molar-refractivity contribution < 1.29 is 8.98 Å². The van der Waals surface area contributed by atoms with Gasteiger partial charge in [-0.15, -0.1) is 0 Å². The highest BCUT2D eigenvalue weighted by Crippen LogP contribution is 2.38. The van der Waals surface area contributed by atoms with E-state index in [1.54, 1.807) is 0 Å². The molecule has 0 aliphatic heterocycles. The zero-order valence-electron chi connectivity index (χ0n) is 15.4. The first-order valence-electron chi connectivity index (χ1n) is 8.74. The second-order valence-corrected chi connectivity index (χ2v) is 7.16. The van der Waals surface area contributed by atoms with E-state index in [4.69, 9.17) is 4.42 Å². The van der Waals surface area contributed by atoms with Crippen LogP contribution in [0.2, 0.25) is 0 Å². The quantitative estimate of drug-likeness (QED) is 0.472. The largest absolute Gasteiger partial charge is 0.453 e. The molecule has 0 unspecified atom stereocenters. The summed E-state index contributed by atoms with van der Waals surface area (Å²) in [6, 6.07) is 10.8. The first kappa shape index (κ1) is 15.8. The van der Waals surface area contributed by atoms with Gasteiger partial charge in [-0.3, -0.25) is 4.98 Å². The molecule has 0 amide bonds. The van der Waals surface area contributed by atoms with Crippen LogP contribution in [0.25, 0.3) is 33.2 Å². The molecule has 0 fully saturated rings. The number of rotatable bonds is 2. The van der Waals surface area contributed by atoms with Crippen molar-refractivity contribution in [3.05, 3.63) is 59.5 Å². The van der Waals surface area contributed by atoms with E-state index in [9.17, 15) is 0 Å². The standard InChI is InChI=1S/C22H23N2O/c1-13(2)20-22-17(8-10-23-20)16-7-6-15(4)19(21(16)25-22)18-12-14(3)9-11-24(18)5/h6-13H,1-5H3/q+1. The number of nitrogens with zero attached hydrogens (tertiary/aromatic N) is 2. The number of hydrogen-bond acceptors (Lipinski definition) is 2. The molecule has 3 heterocycles. The van der Waals surface area contributed by atoms with Crippen LogP contribution in [0.3, 0.4) is 0 Å². The summed E-state index contributed by atoms with van der Waals surface area (Å²) < 4.78 is 8.59. The van der Waals surface area contributed by atoms with Gasteiger partial charge in [-0.1, -0.05) is 26.0 Å². The fourth-order valence-electron chi connectivity index (χ4n) is 3.54. The van der Waals surface area contributed by atoms with Crippen molar-refractivity contribution in [2.45, 2.75) is 33.6 Å². The monoisotopic (exact) mass is 331 g/mol. The van der Waals surface area contributed by atoms with Crippen LogP contribution in [0.4, 0.5) is 0 Å². The van der Waals surface area contributed by atoms with Crippen molar-refractivity contribution in [1.82, 2.24) is 4.98 Å². The lowest BCUT2D eigenvalue weighted by molar-refractivity contribution is -0.660. The van der Waals surface area contributed by atoms with Crippen molar-refractivity contribution in [2.75, 3.05) is 0 Å². The van der Waals surface area contributed by atoms with E-state index in [0.29, 0.717) is 5.92 Å². The molecule has 0 radical (unpaired) electrons. The molecule has 3 nitrogen and oxygen atoms in total. The first-order valence-corrected chi connectivity index (χ1v) is 8.74. The number of hydrogen-bond donors (Lipinski definition) is 0. The number of benzene rings is 1. The van der Waals surface area contributed by atoms with Crippen molar-refractivity contribution in [3.63, 3.8) is 0 Å². The van der Waals surface area contributed by atoms with Gasteiger partial charge < -0.3 is 4.42 Å². The fourth-order valence-corrected chi connectivity index (χ4v) is 3.54. The van der Waals surface area contributed by atoms with Crippen LogP contribution in [-0.4, -0.2) is 4.98 Å². The summed E-state index contributed by atoms with van der Waals surface area (Å²) in [5.74, 6) is 0.323. The first-order chi connectivity index (χ1) is 12.0. The van der Waals surface area contributed by atoms with Gasteiger partial charge in [-0.25, -0.2) is 4.57 Å². The van der Waals surface area contributed by atoms with Gasteiger partial charge in [0.05, 0.1) is 11.3 Å². The summed E-state index contributed by atoms with van der Waals surface area (Å²) in [4.78, 5) is 4.56. The number of aryl methyl sites for hydroxylation is 3. The van der Waals surface area contributed by atoms with Crippen LogP contribution < -0.4 is 4.57 Å². The molecule has 4 rings (SSSR count). The van der Waals surface area contributed by atoms with Crippen molar-refractivity contribution >= 4 is 21.9 Å². The number of aromatic nitrogens is 2. The zero-order valence-corrected chi connectivity index (χ0v) is 15.4. The van der Waals surface area contributed by atoms with Gasteiger partial charge in [0.1, 0.15) is 12.6 Å². The number of fused-ring (bicyclic) bond motifs is 3. The minimum atomic E-state index is 0.323. The molecule has 0 spiro atoms. The lowest BCUT2D eigenvalue weighted by Gasteiger charge is -2.06. The molecule has 126 valence electrons. The Morgan fingerprint density at radius 2 is 1.76 bits per heavy atom. The van der Waals surface area contributed by atoms with E-state index in [1.807, 2.05) is 6.20 Å². The average molecular weight is 331 g/mol. The maximum Gasteiger partial charge on any atom is 0.216 e. The molecule has 25 heavy (non-hydrogen) atoms. The van der Waals surface area contributed by atoms with E-state index in [0.717, 1.165) is 33.2 Å². The minimum absolute atomic E-state index is 0.323. The molecule has 4 aromatic rings. The normalized spacial score (nSPS) is 11.8. The van der Waals surface area contributed by atoms with Gasteiger partial charge >= 0.3 is 0 Å². The third-order valence-corrected chi connectivity index (χ3v) is 4.90. The van der Waals surface area contributed by atoms with Crippen LogP contribution in [0.5, 0.6) is 0 Å². The number of furan rings is 1. The van der Waals surface area contributed by atoms with Gasteiger partial charge in [0, 0.05) is 29.1 Å². The van der Waals surface area contributed by atoms with Crippen LogP contribution >= 0.6 is 0 Å². The smallest absolute Gasteiger partial charge is 0.216 e. The van der Waals surface area contributed by atoms with Crippen LogP contribution in [0.1, 0.15) is 36.6 Å². The van der Waals surface area contributed by atoms with Crippen LogP contribution in [0.15, 0.2) is 47.1 Å². The Hall–Kier alpha value is -2.68. The summed E-state index contributed by atoms with van der Waals surface area (Å²) in [7, 11) is 2.08. The van der Waals surface area contributed by atoms with Gasteiger partial charge in [0.15, 0.2) is 11.8 Å². The highest BCUT2D eigenvalue weighted by atomic mass is 16.3. The molecule has 0 aliphatic rings. The highest BCUT2D eigenvalue weighted by Gasteiger charge is 2.22. The van der Waals surface area contributed by atoms with E-state index in [2.05, 4.69) is 80.8 Å². The maximum atomic E-state index is 6.43. The Balaban J connectivity index is 2.15. The Bertz CT molecular complexity index is 1110. The SMILES string of the molecule is Cc1cc[n+](C)c(-c2c(C)ccc3c2oc2c(C(C)C)nccc23)c1. The van der Waals surface area contributed by atoms with Crippen molar-refractivity contribution in [2.24, 2.45) is 7.05 Å². The molecular formula is C22H23N2O+. The molecule has 0 atom stereocenters. The summed E-state index contributed by atoms with van der Waals surface area (Å²) >= 11 is 0. The van der Waals surface area contributed by atoms with E-state index < -0.39 is 0 Å². The Kier molecular flexibility index (Phi) is 3.60. The minimum Gasteiger partial charge on any atom is -0.453 e. The van der Waals surface area contributed by atoms with Gasteiger partial charge in [-0.2, -0.15) is 0 Å². The molecule has 0 N–H and O–H groups in total. The molecule has 1 aromatic carbocycles. The lowest BCUT2D eigenvalue weighted by atomic mass is 9.99. The predicted octanol–water partition coefficient (Wildman–Crippen LogP) is 5.21. The third-order valence-electron chi connectivity index (χ3n) is 4.90. The predicted molar refractivity (Wildman–Crippen MR) is 102 cm³/mol. The van der Waals surface area contributed by atoms with E-state index in [1.165, 1.54) is 16.8 Å². The Morgan fingerprint density at radius 1 is 1.00 bits per heavy atom. The van der Waals surface area contributed by atoms with E-state index in [-0.39, 0.29) is 0 Å². The molecule has 0 saturated carbocycles. The lowest BCUT2D eigenvalue weighted by Crippen LogP contribution is -2.30. The van der Waals surface area contributed by atoms with Crippen molar-refractivity contribution in [1.29, 1.82) is 0 Å². The van der Waals surface area contributed by atoms with E-state index >= 15 is 0 Å². The highest BCUT2D eigenvalue weighted by molar-refractivity contribution is 6.10. The summed E-state index contributed by atoms with van der Waals surface area (Å²) in [5.41, 5.74) is 7.67. The topological polar surface area (TPSA) is 29.9 Å². The fraction of sp³-hybridized carbons (Fsp3) is 0.273. The second kappa shape index (κ2) is 5.69. The molecule has 0 bridgehead atoms. The maximum absolute atomic E-state index is 6.43. The summed E-state index contributed by atoms with van der Waals surface area (Å²) in [5, 5.41) is 2.30. The summed E-state index contributed by atoms with van der Waals surface area (Å²) in [6.07, 6.45) is 3.99. The van der Waals surface area contributed by atoms with Gasteiger partial charge in [-0.05, 0) is 37.0 Å². The zero-order chi connectivity index (χ0) is 17.7. The third kappa shape index (κ3) is 2.42. The molecular weight excluding hydrogens is 308 g/mol. The molecule has 0 saturated heterocycles. The number of pyridine rings is 2. The molecule has 3 aromatic heterocycles. The van der Waals surface area contributed by atoms with Gasteiger partial charge in [0.25, 0.3) is 0 Å². The molecule has 0 aliphatic carbocycles. The average Bonchev–Trinajstić information content (AvgIpc) is 2.95. The molecule has 3 heteroatoms. The van der Waals surface area contributed by atoms with Crippen molar-refractivity contribution in [3.8, 4) is 11.3 Å².